The summed E-state index contributed by atoms with van der Waals surface area (Å²) in [6.07, 6.45) is -0.988. The van der Waals surface area contributed by atoms with Gasteiger partial charge in [-0.3, -0.25) is 19.3 Å². The molecular formula is C23H25F2N3O4. The van der Waals surface area contributed by atoms with Crippen LogP contribution in [-0.2, 0) is 14.4 Å². The lowest BCUT2D eigenvalue weighted by molar-refractivity contribution is -0.158. The molecule has 3 rings (SSSR count). The number of nitrogens with two attached hydrogens (primary N) is 1. The number of halogens is 2. The molecule has 4 atom stereocenters. The Morgan fingerprint density at radius 1 is 1.12 bits per heavy atom. The molecule has 1 heterocycles. The smallest absolute Gasteiger partial charge is 0.263 e. The van der Waals surface area contributed by atoms with Gasteiger partial charge in [-0.15, -0.1) is 0 Å². The van der Waals surface area contributed by atoms with Crippen molar-refractivity contribution in [1.82, 2.24) is 10.2 Å². The van der Waals surface area contributed by atoms with E-state index in [2.05, 4.69) is 5.32 Å². The third kappa shape index (κ3) is 5.00. The largest absolute Gasteiger partial charge is 0.378 e. The molecule has 3 amide bonds. The van der Waals surface area contributed by atoms with Crippen molar-refractivity contribution in [3.63, 3.8) is 0 Å². The predicted octanol–water partition coefficient (Wildman–Crippen LogP) is 1.76. The van der Waals surface area contributed by atoms with Gasteiger partial charge < -0.3 is 16.2 Å². The van der Waals surface area contributed by atoms with Gasteiger partial charge in [-0.05, 0) is 43.0 Å². The summed E-state index contributed by atoms with van der Waals surface area (Å²) < 4.78 is 27.3. The van der Waals surface area contributed by atoms with Crippen molar-refractivity contribution in [2.75, 3.05) is 6.54 Å². The van der Waals surface area contributed by atoms with Gasteiger partial charge in [0.1, 0.15) is 17.7 Å². The summed E-state index contributed by atoms with van der Waals surface area (Å²) in [4.78, 5) is 40.0. The van der Waals surface area contributed by atoms with Crippen molar-refractivity contribution >= 4 is 17.7 Å². The number of hydrogen-bond acceptors (Lipinski definition) is 5. The summed E-state index contributed by atoms with van der Waals surface area (Å²) in [5, 5.41) is 13.3. The van der Waals surface area contributed by atoms with Crippen LogP contribution in [0.1, 0.15) is 42.9 Å². The lowest BCUT2D eigenvalue weighted by Crippen LogP contribution is -2.58. The van der Waals surface area contributed by atoms with E-state index in [1.807, 2.05) is 0 Å². The van der Waals surface area contributed by atoms with Gasteiger partial charge in [0.25, 0.3) is 5.91 Å². The summed E-state index contributed by atoms with van der Waals surface area (Å²) in [5.74, 6) is -5.18. The summed E-state index contributed by atoms with van der Waals surface area (Å²) in [6, 6.07) is 8.65. The van der Waals surface area contributed by atoms with Gasteiger partial charge in [-0.2, -0.15) is 0 Å². The molecule has 1 fully saturated rings. The van der Waals surface area contributed by atoms with Crippen LogP contribution in [-0.4, -0.2) is 46.4 Å². The number of nitrogens with zero attached hydrogens (tertiary/aromatic N) is 1. The van der Waals surface area contributed by atoms with Crippen LogP contribution in [0, 0.1) is 11.6 Å². The number of aliphatic hydroxyl groups is 1. The van der Waals surface area contributed by atoms with E-state index in [1.165, 1.54) is 6.92 Å². The Morgan fingerprint density at radius 3 is 2.34 bits per heavy atom. The highest BCUT2D eigenvalue weighted by atomic mass is 19.1. The highest BCUT2D eigenvalue weighted by Gasteiger charge is 2.44. The second-order valence-electron chi connectivity index (χ2n) is 7.84. The van der Waals surface area contributed by atoms with E-state index in [0.717, 1.165) is 17.7 Å². The van der Waals surface area contributed by atoms with Crippen molar-refractivity contribution < 1.29 is 28.3 Å². The first kappa shape index (κ1) is 23.5. The molecule has 32 heavy (non-hydrogen) atoms. The minimum Gasteiger partial charge on any atom is -0.378 e. The monoisotopic (exact) mass is 445 g/mol. The van der Waals surface area contributed by atoms with E-state index in [4.69, 9.17) is 5.73 Å². The van der Waals surface area contributed by atoms with Crippen LogP contribution in [0.3, 0.4) is 0 Å². The number of aliphatic hydroxyl groups excluding tert-OH is 1. The second kappa shape index (κ2) is 9.97. The van der Waals surface area contributed by atoms with Crippen LogP contribution in [0.2, 0.25) is 0 Å². The molecule has 2 aromatic carbocycles. The average molecular weight is 445 g/mol. The fourth-order valence-electron chi connectivity index (χ4n) is 3.93. The first-order chi connectivity index (χ1) is 15.2. The molecule has 0 radical (unpaired) electrons. The molecule has 1 saturated heterocycles. The normalized spacial score (nSPS) is 20.6. The lowest BCUT2D eigenvalue weighted by Gasteiger charge is -2.35. The van der Waals surface area contributed by atoms with E-state index in [-0.39, 0.29) is 5.56 Å². The van der Waals surface area contributed by atoms with Gasteiger partial charge in [0.05, 0.1) is 6.04 Å². The van der Waals surface area contributed by atoms with Crippen LogP contribution in [0.15, 0.2) is 48.5 Å². The maximum absolute atomic E-state index is 13.7. The van der Waals surface area contributed by atoms with E-state index in [9.17, 15) is 28.3 Å². The Kier molecular flexibility index (Phi) is 7.32. The molecule has 9 heteroatoms. The maximum atomic E-state index is 13.7. The fraction of sp³-hybridized carbons (Fsp3) is 0.348. The minimum absolute atomic E-state index is 0.352. The maximum Gasteiger partial charge on any atom is 0.263 e. The Labute approximate surface area is 184 Å². The number of carbonyl (C=O) groups excluding carboxylic acids is 3. The van der Waals surface area contributed by atoms with Gasteiger partial charge in [0, 0.05) is 18.5 Å². The first-order valence-corrected chi connectivity index (χ1v) is 10.3. The number of benzene rings is 2. The average Bonchev–Trinajstić information content (AvgIpc) is 2.95. The highest BCUT2D eigenvalue weighted by molar-refractivity contribution is 6.04. The SMILES string of the molecule is C[C@H](N)C(=O)N(C(=O)[C@@H](O)c1cc(F)cc(F)c1)[C@@H]1C(=O)NCCC[C@@H]1c1ccccc1. The second-order valence-corrected chi connectivity index (χ2v) is 7.84. The zero-order valence-electron chi connectivity index (χ0n) is 17.5. The summed E-state index contributed by atoms with van der Waals surface area (Å²) >= 11 is 0. The molecule has 0 aromatic heterocycles. The Balaban J connectivity index is 2.08. The van der Waals surface area contributed by atoms with E-state index in [1.54, 1.807) is 30.3 Å². The highest BCUT2D eigenvalue weighted by Crippen LogP contribution is 2.32. The van der Waals surface area contributed by atoms with Crippen molar-refractivity contribution in [1.29, 1.82) is 0 Å². The number of nitrogens with one attached hydrogen (secondary N) is 1. The predicted molar refractivity (Wildman–Crippen MR) is 112 cm³/mol. The topological polar surface area (TPSA) is 113 Å². The zero-order chi connectivity index (χ0) is 23.4. The summed E-state index contributed by atoms with van der Waals surface area (Å²) in [6.45, 7) is 1.70. The van der Waals surface area contributed by atoms with Crippen LogP contribution in [0.25, 0.3) is 0 Å². The van der Waals surface area contributed by atoms with Gasteiger partial charge in [-0.25, -0.2) is 8.78 Å². The van der Waals surface area contributed by atoms with Crippen LogP contribution in [0.5, 0.6) is 0 Å². The molecule has 2 aromatic rings. The first-order valence-electron chi connectivity index (χ1n) is 10.3. The van der Waals surface area contributed by atoms with Crippen molar-refractivity contribution in [2.24, 2.45) is 5.73 Å². The van der Waals surface area contributed by atoms with Crippen LogP contribution >= 0.6 is 0 Å². The molecule has 7 nitrogen and oxygen atoms in total. The quantitative estimate of drug-likeness (QED) is 0.649. The summed E-state index contributed by atoms with van der Waals surface area (Å²) in [7, 11) is 0. The van der Waals surface area contributed by atoms with E-state index >= 15 is 0 Å². The number of amides is 3. The van der Waals surface area contributed by atoms with Crippen LogP contribution < -0.4 is 11.1 Å². The Hall–Kier alpha value is -3.17. The van der Waals surface area contributed by atoms with E-state index in [0.29, 0.717) is 30.4 Å². The fourth-order valence-corrected chi connectivity index (χ4v) is 3.93. The van der Waals surface area contributed by atoms with Crippen molar-refractivity contribution in [3.05, 3.63) is 71.3 Å². The minimum atomic E-state index is -2.07. The third-order valence-corrected chi connectivity index (χ3v) is 5.45. The van der Waals surface area contributed by atoms with Crippen molar-refractivity contribution in [3.8, 4) is 0 Å². The van der Waals surface area contributed by atoms with E-state index < -0.39 is 53.5 Å². The number of carbonyl (C=O) groups is 3. The molecule has 4 N–H and O–H groups in total. The summed E-state index contributed by atoms with van der Waals surface area (Å²) in [5.41, 5.74) is 6.12. The van der Waals surface area contributed by atoms with Gasteiger partial charge >= 0.3 is 0 Å². The number of imide groups is 1. The Morgan fingerprint density at radius 2 is 1.75 bits per heavy atom. The molecule has 0 spiro atoms. The number of rotatable bonds is 5. The van der Waals surface area contributed by atoms with Crippen LogP contribution in [0.4, 0.5) is 8.78 Å². The third-order valence-electron chi connectivity index (χ3n) is 5.45. The molecule has 0 bridgehead atoms. The molecular weight excluding hydrogens is 420 g/mol. The molecule has 0 unspecified atom stereocenters. The number of hydrogen-bond donors (Lipinski definition) is 3. The van der Waals surface area contributed by atoms with Gasteiger partial charge in [0.2, 0.25) is 11.8 Å². The van der Waals surface area contributed by atoms with Gasteiger partial charge in [0.15, 0.2) is 6.10 Å². The molecule has 0 aliphatic carbocycles. The van der Waals surface area contributed by atoms with Crippen molar-refractivity contribution in [2.45, 2.75) is 43.9 Å². The lowest BCUT2D eigenvalue weighted by atomic mass is 9.86. The standard InChI is InChI=1S/C23H25F2N3O4/c1-13(26)22(31)28(23(32)20(29)15-10-16(24)12-17(25)11-15)19-18(8-5-9-27-21(19)30)14-6-3-2-4-7-14/h2-4,6-7,10-13,18-20,29H,5,8-9,26H2,1H3,(H,27,30)/t13-,18+,19-,20-/m0/s1. The molecule has 1 aliphatic heterocycles. The molecule has 1 aliphatic rings. The zero-order valence-corrected chi connectivity index (χ0v) is 17.5. The molecule has 170 valence electrons. The molecule has 0 saturated carbocycles. The van der Waals surface area contributed by atoms with Gasteiger partial charge in [-0.1, -0.05) is 30.3 Å². The Bertz CT molecular complexity index is 980.